The Bertz CT molecular complexity index is 929. The molecule has 27 heavy (non-hydrogen) atoms. The van der Waals surface area contributed by atoms with E-state index in [0.29, 0.717) is 22.8 Å². The number of nitrogens with zero attached hydrogens (tertiary/aromatic N) is 1. The van der Waals surface area contributed by atoms with Crippen LogP contribution in [-0.2, 0) is 10.0 Å². The van der Waals surface area contributed by atoms with Gasteiger partial charge >= 0.3 is 0 Å². The van der Waals surface area contributed by atoms with Gasteiger partial charge in [-0.15, -0.1) is 0 Å². The van der Waals surface area contributed by atoms with E-state index in [0.717, 1.165) is 5.56 Å². The molecule has 146 valence electrons. The number of methoxy groups -OCH3 is 3. The van der Waals surface area contributed by atoms with E-state index in [1.807, 2.05) is 0 Å². The second-order valence-electron chi connectivity index (χ2n) is 5.37. The highest BCUT2D eigenvalue weighted by atomic mass is 35.5. The maximum absolute atomic E-state index is 12.5. The zero-order chi connectivity index (χ0) is 20.2. The van der Waals surface area contributed by atoms with Crippen LogP contribution in [0, 0.1) is 6.92 Å². The van der Waals surface area contributed by atoms with Gasteiger partial charge in [0.15, 0.2) is 11.5 Å². The van der Waals surface area contributed by atoms with Gasteiger partial charge in [-0.1, -0.05) is 23.2 Å². The van der Waals surface area contributed by atoms with Crippen LogP contribution in [0.25, 0.3) is 0 Å². The maximum Gasteiger partial charge on any atom is 0.279 e. The SMILES string of the molecule is COc1cc(/C=N/NS(=O)(=O)c2c(Cl)cc(C)cc2Cl)cc(OC)c1OC. The third-order valence-electron chi connectivity index (χ3n) is 3.48. The van der Waals surface area contributed by atoms with Gasteiger partial charge in [-0.05, 0) is 36.8 Å². The summed E-state index contributed by atoms with van der Waals surface area (Å²) >= 11 is 12.1. The van der Waals surface area contributed by atoms with Gasteiger partial charge in [0.05, 0.1) is 37.6 Å². The average Bonchev–Trinajstić information content (AvgIpc) is 2.59. The molecule has 0 spiro atoms. The molecule has 0 radical (unpaired) electrons. The zero-order valence-corrected chi connectivity index (χ0v) is 17.4. The van der Waals surface area contributed by atoms with Crippen LogP contribution in [0.1, 0.15) is 11.1 Å². The Kier molecular flexibility index (Phi) is 6.80. The zero-order valence-electron chi connectivity index (χ0n) is 15.0. The van der Waals surface area contributed by atoms with Crippen molar-refractivity contribution < 1.29 is 22.6 Å². The first-order valence-electron chi connectivity index (χ1n) is 7.54. The maximum atomic E-state index is 12.5. The molecule has 10 heteroatoms. The second kappa shape index (κ2) is 8.69. The molecule has 0 amide bonds. The Morgan fingerprint density at radius 1 is 0.963 bits per heavy atom. The van der Waals surface area contributed by atoms with Crippen LogP contribution in [0.15, 0.2) is 34.3 Å². The van der Waals surface area contributed by atoms with Crippen LogP contribution >= 0.6 is 23.2 Å². The number of rotatable bonds is 7. The van der Waals surface area contributed by atoms with Crippen LogP contribution < -0.4 is 19.0 Å². The summed E-state index contributed by atoms with van der Waals surface area (Å²) in [6, 6.07) is 6.24. The Labute approximate surface area is 167 Å². The minimum Gasteiger partial charge on any atom is -0.493 e. The molecular weight excluding hydrogens is 415 g/mol. The van der Waals surface area contributed by atoms with E-state index < -0.39 is 10.0 Å². The molecule has 2 aromatic carbocycles. The lowest BCUT2D eigenvalue weighted by Gasteiger charge is -2.12. The molecule has 0 aliphatic carbocycles. The summed E-state index contributed by atoms with van der Waals surface area (Å²) in [6.45, 7) is 1.75. The normalized spacial score (nSPS) is 11.5. The Balaban J connectivity index is 2.32. The number of aryl methyl sites for hydroxylation is 1. The summed E-state index contributed by atoms with van der Waals surface area (Å²) in [4.78, 5) is 1.85. The molecule has 7 nitrogen and oxygen atoms in total. The Hall–Kier alpha value is -2.16. The summed E-state index contributed by atoms with van der Waals surface area (Å²) in [5, 5.41) is 3.79. The van der Waals surface area contributed by atoms with Gasteiger partial charge in [0, 0.05) is 5.56 Å². The molecule has 0 aliphatic heterocycles. The number of hydrogen-bond donors (Lipinski definition) is 1. The fourth-order valence-corrected chi connectivity index (χ4v) is 4.45. The topological polar surface area (TPSA) is 86.2 Å². The molecule has 1 N–H and O–H groups in total. The highest BCUT2D eigenvalue weighted by molar-refractivity contribution is 7.89. The first-order chi connectivity index (χ1) is 12.7. The molecule has 0 aliphatic rings. The number of halogens is 2. The van der Waals surface area contributed by atoms with Gasteiger partial charge in [-0.2, -0.15) is 18.4 Å². The number of nitrogens with one attached hydrogen (secondary N) is 1. The molecule has 0 fully saturated rings. The van der Waals surface area contributed by atoms with E-state index in [9.17, 15) is 8.42 Å². The lowest BCUT2D eigenvalue weighted by Crippen LogP contribution is -2.19. The van der Waals surface area contributed by atoms with Crippen molar-refractivity contribution in [1.82, 2.24) is 4.83 Å². The van der Waals surface area contributed by atoms with Gasteiger partial charge in [-0.3, -0.25) is 0 Å². The van der Waals surface area contributed by atoms with E-state index >= 15 is 0 Å². The molecule has 0 saturated carbocycles. The van der Waals surface area contributed by atoms with E-state index in [1.165, 1.54) is 39.7 Å². The number of ether oxygens (including phenoxy) is 3. The van der Waals surface area contributed by atoms with Gasteiger partial charge in [-0.25, -0.2) is 0 Å². The van der Waals surface area contributed by atoms with Crippen molar-refractivity contribution in [2.24, 2.45) is 5.10 Å². The Morgan fingerprint density at radius 3 is 1.93 bits per heavy atom. The van der Waals surface area contributed by atoms with Crippen LogP contribution in [0.4, 0.5) is 0 Å². The van der Waals surface area contributed by atoms with Crippen molar-refractivity contribution in [1.29, 1.82) is 0 Å². The predicted molar refractivity (Wildman–Crippen MR) is 105 cm³/mol. The monoisotopic (exact) mass is 432 g/mol. The highest BCUT2D eigenvalue weighted by Crippen LogP contribution is 2.37. The third kappa shape index (κ3) is 4.77. The van der Waals surface area contributed by atoms with Crippen LogP contribution in [0.5, 0.6) is 17.2 Å². The number of sulfonamides is 1. The number of hydrazone groups is 1. The number of benzene rings is 2. The van der Waals surface area contributed by atoms with Crippen molar-refractivity contribution in [3.8, 4) is 17.2 Å². The van der Waals surface area contributed by atoms with Gasteiger partial charge in [0.2, 0.25) is 5.75 Å². The van der Waals surface area contributed by atoms with Crippen molar-refractivity contribution in [2.75, 3.05) is 21.3 Å². The summed E-state index contributed by atoms with van der Waals surface area (Å²) in [7, 11) is 0.381. The van der Waals surface area contributed by atoms with Crippen molar-refractivity contribution >= 4 is 39.4 Å². The van der Waals surface area contributed by atoms with Crippen LogP contribution in [0.3, 0.4) is 0 Å². The summed E-state index contributed by atoms with van der Waals surface area (Å²) in [6.07, 6.45) is 1.29. The highest BCUT2D eigenvalue weighted by Gasteiger charge is 2.21. The van der Waals surface area contributed by atoms with Crippen molar-refractivity contribution in [3.05, 3.63) is 45.4 Å². The fraction of sp³-hybridized carbons (Fsp3) is 0.235. The largest absolute Gasteiger partial charge is 0.493 e. The van der Waals surface area contributed by atoms with E-state index in [2.05, 4.69) is 9.93 Å². The molecule has 0 atom stereocenters. The average molecular weight is 433 g/mol. The van der Waals surface area contributed by atoms with E-state index in [4.69, 9.17) is 37.4 Å². The smallest absolute Gasteiger partial charge is 0.279 e. The lowest BCUT2D eigenvalue weighted by atomic mass is 10.2. The Morgan fingerprint density at radius 2 is 1.48 bits per heavy atom. The molecule has 0 aromatic heterocycles. The molecule has 0 unspecified atom stereocenters. The quantitative estimate of drug-likeness (QED) is 0.532. The lowest BCUT2D eigenvalue weighted by molar-refractivity contribution is 0.324. The first kappa shape index (κ1) is 21.1. The summed E-state index contributed by atoms with van der Waals surface area (Å²) < 4.78 is 40.6. The predicted octanol–water partition coefficient (Wildman–Crippen LogP) is 3.64. The fourth-order valence-electron chi connectivity index (χ4n) is 2.34. The first-order valence-corrected chi connectivity index (χ1v) is 9.78. The van der Waals surface area contributed by atoms with Crippen LogP contribution in [0.2, 0.25) is 10.0 Å². The second-order valence-corrected chi connectivity index (χ2v) is 7.78. The molecule has 2 aromatic rings. The minimum atomic E-state index is -4.05. The molecular formula is C17H18Cl2N2O5S. The minimum absolute atomic E-state index is 0.00971. The third-order valence-corrected chi connectivity index (χ3v) is 5.63. The summed E-state index contributed by atoms with van der Waals surface area (Å²) in [5.74, 6) is 1.23. The standard InChI is InChI=1S/C17H18Cl2N2O5S/c1-10-5-12(18)17(13(19)6-10)27(22,23)21-20-9-11-7-14(24-2)16(26-4)15(8-11)25-3/h5-9,21H,1-4H3/b20-9+. The molecule has 0 heterocycles. The van der Waals surface area contributed by atoms with Crippen molar-refractivity contribution in [3.63, 3.8) is 0 Å². The molecule has 2 rings (SSSR count). The number of hydrogen-bond acceptors (Lipinski definition) is 6. The van der Waals surface area contributed by atoms with E-state index in [1.54, 1.807) is 19.1 Å². The van der Waals surface area contributed by atoms with Gasteiger partial charge in [0.25, 0.3) is 10.0 Å². The molecule has 0 bridgehead atoms. The van der Waals surface area contributed by atoms with E-state index in [-0.39, 0.29) is 14.9 Å². The van der Waals surface area contributed by atoms with Gasteiger partial charge in [0.1, 0.15) is 4.90 Å². The van der Waals surface area contributed by atoms with Crippen LogP contribution in [-0.4, -0.2) is 36.0 Å². The van der Waals surface area contributed by atoms with Crippen molar-refractivity contribution in [2.45, 2.75) is 11.8 Å². The summed E-state index contributed by atoms with van der Waals surface area (Å²) in [5.41, 5.74) is 1.26. The van der Waals surface area contributed by atoms with Gasteiger partial charge < -0.3 is 14.2 Å². The molecule has 0 saturated heterocycles.